The Morgan fingerprint density at radius 2 is 1.71 bits per heavy atom. The van der Waals surface area contributed by atoms with E-state index in [1.165, 1.54) is 47.5 Å². The number of amides is 1. The van der Waals surface area contributed by atoms with Crippen molar-refractivity contribution in [3.8, 4) is 0 Å². The quantitative estimate of drug-likeness (QED) is 0.215. The van der Waals surface area contributed by atoms with Crippen molar-refractivity contribution in [1.29, 1.82) is 0 Å². The van der Waals surface area contributed by atoms with Crippen LogP contribution in [0.4, 0.5) is 11.5 Å². The highest BCUT2D eigenvalue weighted by atomic mass is 35.5. The molecule has 4 rings (SSSR count). The number of aromatic nitrogens is 1. The van der Waals surface area contributed by atoms with Gasteiger partial charge in [0.25, 0.3) is 11.5 Å². The number of aliphatic hydroxyl groups excluding tert-OH is 1. The molecule has 0 bridgehead atoms. The molecule has 1 atom stereocenters. The van der Waals surface area contributed by atoms with Gasteiger partial charge in [-0.3, -0.25) is 24.6 Å². The normalized spacial score (nSPS) is 17.7. The van der Waals surface area contributed by atoms with E-state index in [0.717, 1.165) is 0 Å². The Morgan fingerprint density at radius 1 is 1.03 bits per heavy atom. The monoisotopic (exact) mass is 435 g/mol. The predicted molar refractivity (Wildman–Crippen MR) is 114 cm³/mol. The van der Waals surface area contributed by atoms with Crippen molar-refractivity contribution in [2.75, 3.05) is 4.90 Å². The van der Waals surface area contributed by atoms with Crippen LogP contribution in [-0.2, 0) is 9.59 Å². The molecule has 1 N–H and O–H groups in total. The molecule has 154 valence electrons. The molecule has 1 fully saturated rings. The largest absolute Gasteiger partial charge is 0.507 e. The Balaban J connectivity index is 1.92. The number of Topliss-reactive ketones (excluding diaryl/α,β-unsaturated/α-hetero) is 1. The third kappa shape index (κ3) is 3.64. The highest BCUT2D eigenvalue weighted by molar-refractivity contribution is 6.51. The number of anilines is 1. The van der Waals surface area contributed by atoms with Gasteiger partial charge in [-0.15, -0.1) is 0 Å². The summed E-state index contributed by atoms with van der Waals surface area (Å²) in [6.07, 6.45) is 1.47. The molecule has 1 saturated heterocycles. The fourth-order valence-corrected chi connectivity index (χ4v) is 3.55. The van der Waals surface area contributed by atoms with Crippen molar-refractivity contribution >= 4 is 40.6 Å². The highest BCUT2D eigenvalue weighted by Gasteiger charge is 2.47. The number of nitro benzene ring substituents is 1. The van der Waals surface area contributed by atoms with E-state index in [4.69, 9.17) is 11.6 Å². The van der Waals surface area contributed by atoms with Crippen molar-refractivity contribution in [3.05, 3.63) is 105 Å². The number of rotatable bonds is 4. The van der Waals surface area contributed by atoms with Crippen molar-refractivity contribution in [2.45, 2.75) is 6.04 Å². The lowest BCUT2D eigenvalue weighted by Gasteiger charge is -2.24. The topological polar surface area (TPSA) is 114 Å². The van der Waals surface area contributed by atoms with Crippen LogP contribution in [-0.4, -0.2) is 26.7 Å². The summed E-state index contributed by atoms with van der Waals surface area (Å²) < 4.78 is 0. The molecule has 2 aromatic carbocycles. The number of hydrogen-bond donors (Lipinski definition) is 1. The summed E-state index contributed by atoms with van der Waals surface area (Å²) in [5.41, 5.74) is 0.421. The molecule has 2 heterocycles. The molecular formula is C22H14ClN3O5. The Labute approximate surface area is 181 Å². The van der Waals surface area contributed by atoms with Crippen LogP contribution in [0.3, 0.4) is 0 Å². The zero-order valence-corrected chi connectivity index (χ0v) is 16.6. The molecule has 9 heteroatoms. The second kappa shape index (κ2) is 8.00. The predicted octanol–water partition coefficient (Wildman–Crippen LogP) is 4.27. The molecule has 1 aliphatic heterocycles. The maximum atomic E-state index is 13.0. The van der Waals surface area contributed by atoms with E-state index in [9.17, 15) is 24.8 Å². The smallest absolute Gasteiger partial charge is 0.301 e. The maximum Gasteiger partial charge on any atom is 0.301 e. The molecule has 1 aromatic heterocycles. The molecule has 3 aromatic rings. The van der Waals surface area contributed by atoms with Gasteiger partial charge in [0.1, 0.15) is 11.6 Å². The molecule has 1 amide bonds. The highest BCUT2D eigenvalue weighted by Crippen LogP contribution is 2.41. The van der Waals surface area contributed by atoms with E-state index >= 15 is 0 Å². The third-order valence-electron chi connectivity index (χ3n) is 4.88. The van der Waals surface area contributed by atoms with Gasteiger partial charge in [0.2, 0.25) is 0 Å². The number of pyridine rings is 1. The first-order valence-corrected chi connectivity index (χ1v) is 9.48. The number of non-ortho nitro benzene ring substituents is 1. The van der Waals surface area contributed by atoms with Crippen LogP contribution in [0.15, 0.2) is 78.5 Å². The van der Waals surface area contributed by atoms with Crippen LogP contribution in [0, 0.1) is 10.1 Å². The zero-order chi connectivity index (χ0) is 22.1. The second-order valence-corrected chi connectivity index (χ2v) is 7.15. The summed E-state index contributed by atoms with van der Waals surface area (Å²) >= 11 is 5.91. The van der Waals surface area contributed by atoms with Gasteiger partial charge in [0.05, 0.1) is 16.5 Å². The van der Waals surface area contributed by atoms with E-state index in [1.54, 1.807) is 30.3 Å². The summed E-state index contributed by atoms with van der Waals surface area (Å²) in [5.74, 6) is -1.92. The Morgan fingerprint density at radius 3 is 2.29 bits per heavy atom. The van der Waals surface area contributed by atoms with Crippen LogP contribution >= 0.6 is 11.6 Å². The summed E-state index contributed by atoms with van der Waals surface area (Å²) in [6, 6.07) is 15.4. The SMILES string of the molecule is O=C1C(=O)N(c2ccccn2)C(c2ccc([N+](=O)[O-])cc2)/C1=C(/O)c1ccc(Cl)cc1. The van der Waals surface area contributed by atoms with E-state index in [2.05, 4.69) is 4.98 Å². The number of aliphatic hydroxyl groups is 1. The molecule has 0 radical (unpaired) electrons. The van der Waals surface area contributed by atoms with Gasteiger partial charge in [-0.25, -0.2) is 4.98 Å². The lowest BCUT2D eigenvalue weighted by atomic mass is 9.95. The second-order valence-electron chi connectivity index (χ2n) is 6.71. The van der Waals surface area contributed by atoms with E-state index in [1.807, 2.05) is 0 Å². The van der Waals surface area contributed by atoms with Crippen LogP contribution in [0.2, 0.25) is 5.02 Å². The number of halogens is 1. The minimum Gasteiger partial charge on any atom is -0.507 e. The molecule has 1 unspecified atom stereocenters. The number of nitro groups is 1. The zero-order valence-electron chi connectivity index (χ0n) is 15.8. The van der Waals surface area contributed by atoms with Gasteiger partial charge in [0, 0.05) is 28.9 Å². The van der Waals surface area contributed by atoms with Gasteiger partial charge in [-0.1, -0.05) is 17.7 Å². The van der Waals surface area contributed by atoms with Gasteiger partial charge in [-0.2, -0.15) is 0 Å². The van der Waals surface area contributed by atoms with Crippen LogP contribution < -0.4 is 4.90 Å². The molecule has 1 aliphatic rings. The molecule has 0 saturated carbocycles. The van der Waals surface area contributed by atoms with E-state index in [0.29, 0.717) is 16.1 Å². The number of carbonyl (C=O) groups is 2. The summed E-state index contributed by atoms with van der Waals surface area (Å²) in [6.45, 7) is 0. The van der Waals surface area contributed by atoms with Gasteiger partial charge in [-0.05, 0) is 54.1 Å². The maximum absolute atomic E-state index is 13.0. The van der Waals surface area contributed by atoms with E-state index in [-0.39, 0.29) is 22.8 Å². The van der Waals surface area contributed by atoms with Gasteiger partial charge >= 0.3 is 5.91 Å². The fourth-order valence-electron chi connectivity index (χ4n) is 3.42. The lowest BCUT2D eigenvalue weighted by molar-refractivity contribution is -0.384. The first-order chi connectivity index (χ1) is 14.9. The van der Waals surface area contributed by atoms with Crippen LogP contribution in [0.25, 0.3) is 5.76 Å². The first-order valence-electron chi connectivity index (χ1n) is 9.11. The first kappa shape index (κ1) is 20.2. The standard InChI is InChI=1S/C22H14ClN3O5/c23-15-8-4-14(5-9-15)20(27)18-19(13-6-10-16(11-7-13)26(30)31)25(22(29)21(18)28)17-3-1-2-12-24-17/h1-12,19,27H/b20-18-. The number of ketones is 1. The molecule has 8 nitrogen and oxygen atoms in total. The molecule has 0 spiro atoms. The Bertz CT molecular complexity index is 1210. The number of carbonyl (C=O) groups excluding carboxylic acids is 2. The molecule has 0 aliphatic carbocycles. The Hall–Kier alpha value is -4.04. The Kier molecular flexibility index (Phi) is 5.22. The number of nitrogens with zero attached hydrogens (tertiary/aromatic N) is 3. The van der Waals surface area contributed by atoms with E-state index < -0.39 is 22.7 Å². The average molecular weight is 436 g/mol. The average Bonchev–Trinajstić information content (AvgIpc) is 3.05. The minimum absolute atomic E-state index is 0.142. The number of hydrogen-bond acceptors (Lipinski definition) is 6. The molecular weight excluding hydrogens is 422 g/mol. The summed E-state index contributed by atoms with van der Waals surface area (Å²) in [4.78, 5) is 41.7. The summed E-state index contributed by atoms with van der Waals surface area (Å²) in [5, 5.41) is 22.4. The minimum atomic E-state index is -1.02. The van der Waals surface area contributed by atoms with Crippen molar-refractivity contribution in [3.63, 3.8) is 0 Å². The third-order valence-corrected chi connectivity index (χ3v) is 5.13. The lowest BCUT2D eigenvalue weighted by Crippen LogP contribution is -2.30. The van der Waals surface area contributed by atoms with Crippen molar-refractivity contribution in [2.24, 2.45) is 0 Å². The van der Waals surface area contributed by atoms with Crippen LogP contribution in [0.5, 0.6) is 0 Å². The van der Waals surface area contributed by atoms with Crippen molar-refractivity contribution in [1.82, 2.24) is 4.98 Å². The van der Waals surface area contributed by atoms with Gasteiger partial charge < -0.3 is 5.11 Å². The fraction of sp³-hybridized carbons (Fsp3) is 0.0455. The van der Waals surface area contributed by atoms with Crippen molar-refractivity contribution < 1.29 is 19.6 Å². The summed E-state index contributed by atoms with van der Waals surface area (Å²) in [7, 11) is 0. The van der Waals surface area contributed by atoms with Gasteiger partial charge in [0.15, 0.2) is 0 Å². The number of benzene rings is 2. The molecule has 31 heavy (non-hydrogen) atoms. The van der Waals surface area contributed by atoms with Crippen LogP contribution in [0.1, 0.15) is 17.2 Å².